The molecule has 2 rings (SSSR count). The van der Waals surface area contributed by atoms with Gasteiger partial charge in [0.2, 0.25) is 10.0 Å². The molecule has 1 aliphatic rings. The van der Waals surface area contributed by atoms with E-state index in [1.807, 2.05) is 0 Å². The molecule has 1 aromatic carbocycles. The van der Waals surface area contributed by atoms with Gasteiger partial charge in [0.05, 0.1) is 23.9 Å². The van der Waals surface area contributed by atoms with Gasteiger partial charge in [0, 0.05) is 12.5 Å². The van der Waals surface area contributed by atoms with Crippen LogP contribution in [0.2, 0.25) is 0 Å². The Balaban J connectivity index is 2.18. The van der Waals surface area contributed by atoms with Crippen LogP contribution in [0.15, 0.2) is 18.2 Å². The molecule has 8 heteroatoms. The summed E-state index contributed by atoms with van der Waals surface area (Å²) in [5, 5.41) is 0. The predicted octanol–water partition coefficient (Wildman–Crippen LogP) is 0.876. The second-order valence-electron chi connectivity index (χ2n) is 4.04. The van der Waals surface area contributed by atoms with Crippen molar-refractivity contribution < 1.29 is 17.9 Å². The van der Waals surface area contributed by atoms with E-state index in [9.17, 15) is 8.42 Å². The Morgan fingerprint density at radius 1 is 1.32 bits per heavy atom. The van der Waals surface area contributed by atoms with Crippen LogP contribution in [0, 0.1) is 0 Å². The zero-order valence-corrected chi connectivity index (χ0v) is 11.7. The molecule has 0 fully saturated rings. The van der Waals surface area contributed by atoms with Crippen molar-refractivity contribution >= 4 is 32.9 Å². The molecular weight excluding hydrogens is 288 g/mol. The number of hydrogen-bond acceptors (Lipinski definition) is 5. The summed E-state index contributed by atoms with van der Waals surface area (Å²) in [5.41, 5.74) is 5.62. The average molecular weight is 302 g/mol. The van der Waals surface area contributed by atoms with Gasteiger partial charge in [-0.05, 0) is 12.1 Å². The maximum atomic E-state index is 11.7. The van der Waals surface area contributed by atoms with E-state index >= 15 is 0 Å². The van der Waals surface area contributed by atoms with Crippen LogP contribution in [0.25, 0.3) is 0 Å². The smallest absolute Gasteiger partial charge is 0.239 e. The van der Waals surface area contributed by atoms with Crippen molar-refractivity contribution in [3.63, 3.8) is 0 Å². The number of anilines is 1. The lowest BCUT2D eigenvalue weighted by molar-refractivity contribution is 0.297. The number of thiocarbonyl (C=S) groups is 1. The van der Waals surface area contributed by atoms with Gasteiger partial charge < -0.3 is 15.2 Å². The van der Waals surface area contributed by atoms with Gasteiger partial charge in [-0.2, -0.15) is 0 Å². The number of nitrogens with one attached hydrogen (secondary N) is 1. The summed E-state index contributed by atoms with van der Waals surface area (Å²) in [6, 6.07) is 4.85. The highest BCUT2D eigenvalue weighted by Gasteiger charge is 2.15. The van der Waals surface area contributed by atoms with Crippen LogP contribution in [-0.2, 0) is 10.0 Å². The molecule has 0 radical (unpaired) electrons. The SMILES string of the molecule is NC(=S)CS(=O)(=O)Nc1ccc2c(c1)OCCCO2. The summed E-state index contributed by atoms with van der Waals surface area (Å²) < 4.78 is 36.7. The van der Waals surface area contributed by atoms with Gasteiger partial charge in [-0.1, -0.05) is 12.2 Å². The minimum atomic E-state index is -3.58. The van der Waals surface area contributed by atoms with Gasteiger partial charge in [0.15, 0.2) is 11.5 Å². The maximum Gasteiger partial charge on any atom is 0.239 e. The van der Waals surface area contributed by atoms with Crippen LogP contribution in [0.5, 0.6) is 11.5 Å². The number of benzene rings is 1. The number of hydrogen-bond donors (Lipinski definition) is 2. The standard InChI is InChI=1S/C11H14N2O4S2/c12-11(18)7-19(14,15)13-8-2-3-9-10(6-8)17-5-1-4-16-9/h2-3,6,13H,1,4-5,7H2,(H2,12,18). The van der Waals surface area contributed by atoms with E-state index in [1.165, 1.54) is 0 Å². The number of fused-ring (bicyclic) bond motifs is 1. The predicted molar refractivity (Wildman–Crippen MR) is 76.2 cm³/mol. The number of ether oxygens (including phenoxy) is 2. The van der Waals surface area contributed by atoms with E-state index in [-0.39, 0.29) is 4.99 Å². The van der Waals surface area contributed by atoms with Crippen LogP contribution in [-0.4, -0.2) is 32.4 Å². The Labute approximate surface area is 116 Å². The molecule has 3 N–H and O–H groups in total. The van der Waals surface area contributed by atoms with Crippen molar-refractivity contribution in [1.82, 2.24) is 0 Å². The Hall–Kier alpha value is -1.54. The highest BCUT2D eigenvalue weighted by molar-refractivity contribution is 7.95. The van der Waals surface area contributed by atoms with Gasteiger partial charge in [0.25, 0.3) is 0 Å². The quantitative estimate of drug-likeness (QED) is 0.802. The molecule has 0 atom stereocenters. The summed E-state index contributed by atoms with van der Waals surface area (Å²) in [4.78, 5) is -0.0816. The molecule has 0 aromatic heterocycles. The molecule has 0 saturated heterocycles. The summed E-state index contributed by atoms with van der Waals surface area (Å²) >= 11 is 4.59. The molecule has 19 heavy (non-hydrogen) atoms. The lowest BCUT2D eigenvalue weighted by Gasteiger charge is -2.11. The van der Waals surface area contributed by atoms with E-state index in [1.54, 1.807) is 18.2 Å². The fourth-order valence-corrected chi connectivity index (χ4v) is 3.03. The fourth-order valence-electron chi connectivity index (χ4n) is 1.63. The van der Waals surface area contributed by atoms with Gasteiger partial charge >= 0.3 is 0 Å². The zero-order chi connectivity index (χ0) is 13.9. The summed E-state index contributed by atoms with van der Waals surface area (Å²) in [7, 11) is -3.58. The van der Waals surface area contributed by atoms with Crippen LogP contribution >= 0.6 is 12.2 Å². The van der Waals surface area contributed by atoms with Gasteiger partial charge in [0.1, 0.15) is 5.75 Å². The van der Waals surface area contributed by atoms with E-state index < -0.39 is 15.8 Å². The number of sulfonamides is 1. The second kappa shape index (κ2) is 5.62. The molecule has 0 spiro atoms. The van der Waals surface area contributed by atoms with Crippen molar-refractivity contribution in [3.05, 3.63) is 18.2 Å². The summed E-state index contributed by atoms with van der Waals surface area (Å²) in [6.07, 6.45) is 0.789. The van der Waals surface area contributed by atoms with E-state index in [4.69, 9.17) is 15.2 Å². The van der Waals surface area contributed by atoms with Crippen LogP contribution < -0.4 is 19.9 Å². The molecule has 6 nitrogen and oxygen atoms in total. The van der Waals surface area contributed by atoms with Crippen LogP contribution in [0.3, 0.4) is 0 Å². The van der Waals surface area contributed by atoms with E-state index in [2.05, 4.69) is 16.9 Å². The average Bonchev–Trinajstić information content (AvgIpc) is 2.50. The summed E-state index contributed by atoms with van der Waals surface area (Å²) in [6.45, 7) is 1.12. The monoisotopic (exact) mass is 302 g/mol. The highest BCUT2D eigenvalue weighted by atomic mass is 32.2. The Morgan fingerprint density at radius 3 is 2.68 bits per heavy atom. The largest absolute Gasteiger partial charge is 0.490 e. The first-order valence-electron chi connectivity index (χ1n) is 5.65. The molecule has 0 amide bonds. The van der Waals surface area contributed by atoms with Gasteiger partial charge in [-0.25, -0.2) is 8.42 Å². The minimum absolute atomic E-state index is 0.0816. The highest BCUT2D eigenvalue weighted by Crippen LogP contribution is 2.32. The molecule has 1 heterocycles. The third-order valence-corrected chi connectivity index (χ3v) is 3.92. The van der Waals surface area contributed by atoms with Gasteiger partial charge in [-0.15, -0.1) is 0 Å². The number of nitrogens with two attached hydrogens (primary N) is 1. The Kier molecular flexibility index (Phi) is 4.11. The van der Waals surface area contributed by atoms with Crippen molar-refractivity contribution in [2.24, 2.45) is 5.73 Å². The van der Waals surface area contributed by atoms with Gasteiger partial charge in [-0.3, -0.25) is 4.72 Å². The van der Waals surface area contributed by atoms with E-state index in [0.717, 1.165) is 6.42 Å². The minimum Gasteiger partial charge on any atom is -0.490 e. The first-order valence-corrected chi connectivity index (χ1v) is 7.71. The third kappa shape index (κ3) is 3.97. The topological polar surface area (TPSA) is 90.7 Å². The van der Waals surface area contributed by atoms with Crippen molar-refractivity contribution in [2.75, 3.05) is 23.7 Å². The molecule has 1 aliphatic heterocycles. The van der Waals surface area contributed by atoms with Crippen molar-refractivity contribution in [2.45, 2.75) is 6.42 Å². The first-order chi connectivity index (χ1) is 8.96. The second-order valence-corrected chi connectivity index (χ2v) is 6.29. The lowest BCUT2D eigenvalue weighted by Crippen LogP contribution is -2.26. The first kappa shape index (κ1) is 13.9. The molecule has 0 unspecified atom stereocenters. The molecule has 0 aliphatic carbocycles. The Bertz CT molecular complexity index is 586. The summed E-state index contributed by atoms with van der Waals surface area (Å²) in [5.74, 6) is 0.736. The van der Waals surface area contributed by atoms with Crippen molar-refractivity contribution in [3.8, 4) is 11.5 Å². The third-order valence-electron chi connectivity index (χ3n) is 2.35. The molecule has 0 bridgehead atoms. The zero-order valence-electron chi connectivity index (χ0n) is 10.1. The number of rotatable bonds is 4. The van der Waals surface area contributed by atoms with E-state index in [0.29, 0.717) is 30.4 Å². The molecule has 104 valence electrons. The Morgan fingerprint density at radius 2 is 2.00 bits per heavy atom. The van der Waals surface area contributed by atoms with Crippen LogP contribution in [0.1, 0.15) is 6.42 Å². The van der Waals surface area contributed by atoms with Crippen LogP contribution in [0.4, 0.5) is 5.69 Å². The fraction of sp³-hybridized carbons (Fsp3) is 0.364. The molecule has 1 aromatic rings. The molecular formula is C11H14N2O4S2. The molecule has 0 saturated carbocycles. The maximum absolute atomic E-state index is 11.7. The normalized spacial score (nSPS) is 14.5. The van der Waals surface area contributed by atoms with Crippen molar-refractivity contribution in [1.29, 1.82) is 0 Å². The lowest BCUT2D eigenvalue weighted by atomic mass is 10.3.